The van der Waals surface area contributed by atoms with Gasteiger partial charge in [0.25, 0.3) is 5.91 Å². The zero-order valence-electron chi connectivity index (χ0n) is 21.7. The highest BCUT2D eigenvalue weighted by molar-refractivity contribution is 7.15. The van der Waals surface area contributed by atoms with E-state index in [9.17, 15) is 10.1 Å². The Morgan fingerprint density at radius 2 is 1.86 bits per heavy atom. The Morgan fingerprint density at radius 3 is 2.59 bits per heavy atom. The SMILES string of the molecule is CCCc1nnc(NC(=O)C(C#N)=Cc2ccc(OCCOc3cc(C)cc(CC)c3)c(OCC)c2)s1. The number of nitriles is 1. The molecule has 0 aliphatic rings. The molecule has 2 aromatic carbocycles. The van der Waals surface area contributed by atoms with Gasteiger partial charge in [0.1, 0.15) is 35.6 Å². The van der Waals surface area contributed by atoms with Crippen molar-refractivity contribution in [3.05, 3.63) is 63.7 Å². The number of amides is 1. The molecular formula is C28H32N4O4S. The Labute approximate surface area is 221 Å². The summed E-state index contributed by atoms with van der Waals surface area (Å²) in [6, 6.07) is 13.4. The lowest BCUT2D eigenvalue weighted by Crippen LogP contribution is -2.13. The molecule has 0 aliphatic heterocycles. The molecule has 0 aliphatic carbocycles. The van der Waals surface area contributed by atoms with Gasteiger partial charge in [0, 0.05) is 6.42 Å². The Morgan fingerprint density at radius 1 is 1.05 bits per heavy atom. The summed E-state index contributed by atoms with van der Waals surface area (Å²) >= 11 is 1.30. The van der Waals surface area contributed by atoms with E-state index in [-0.39, 0.29) is 5.57 Å². The van der Waals surface area contributed by atoms with Crippen LogP contribution < -0.4 is 19.5 Å². The summed E-state index contributed by atoms with van der Waals surface area (Å²) in [4.78, 5) is 12.6. The number of rotatable bonds is 13. The minimum absolute atomic E-state index is 0.0543. The van der Waals surface area contributed by atoms with Crippen LogP contribution in [0, 0.1) is 18.3 Å². The smallest absolute Gasteiger partial charge is 0.268 e. The molecule has 0 unspecified atom stereocenters. The third kappa shape index (κ3) is 8.33. The molecule has 0 saturated heterocycles. The van der Waals surface area contributed by atoms with Gasteiger partial charge in [0.15, 0.2) is 11.5 Å². The van der Waals surface area contributed by atoms with Gasteiger partial charge in [-0.15, -0.1) is 10.2 Å². The predicted octanol–water partition coefficient (Wildman–Crippen LogP) is 5.76. The van der Waals surface area contributed by atoms with Crippen molar-refractivity contribution in [3.8, 4) is 23.3 Å². The van der Waals surface area contributed by atoms with E-state index < -0.39 is 5.91 Å². The van der Waals surface area contributed by atoms with Crippen LogP contribution in [0.25, 0.3) is 6.08 Å². The van der Waals surface area contributed by atoms with Crippen molar-refractivity contribution in [1.29, 1.82) is 5.26 Å². The van der Waals surface area contributed by atoms with Crippen molar-refractivity contribution < 1.29 is 19.0 Å². The zero-order chi connectivity index (χ0) is 26.6. The molecule has 9 heteroatoms. The van der Waals surface area contributed by atoms with Gasteiger partial charge in [-0.3, -0.25) is 10.1 Å². The molecule has 0 radical (unpaired) electrons. The van der Waals surface area contributed by atoms with Gasteiger partial charge in [-0.1, -0.05) is 37.3 Å². The van der Waals surface area contributed by atoms with Crippen LogP contribution in [-0.2, 0) is 17.6 Å². The maximum Gasteiger partial charge on any atom is 0.268 e. The van der Waals surface area contributed by atoms with Crippen LogP contribution in [0.3, 0.4) is 0 Å². The molecule has 1 heterocycles. The molecule has 0 atom stereocenters. The zero-order valence-corrected chi connectivity index (χ0v) is 22.5. The van der Waals surface area contributed by atoms with Crippen LogP contribution in [0.1, 0.15) is 48.9 Å². The number of benzene rings is 2. The first-order chi connectivity index (χ1) is 17.9. The number of hydrogen-bond acceptors (Lipinski definition) is 8. The van der Waals surface area contributed by atoms with Gasteiger partial charge in [-0.05, 0) is 73.7 Å². The summed E-state index contributed by atoms with van der Waals surface area (Å²) in [5, 5.41) is 21.4. The van der Waals surface area contributed by atoms with Gasteiger partial charge < -0.3 is 14.2 Å². The fourth-order valence-corrected chi connectivity index (χ4v) is 4.36. The van der Waals surface area contributed by atoms with E-state index >= 15 is 0 Å². The highest BCUT2D eigenvalue weighted by atomic mass is 32.1. The number of ether oxygens (including phenoxy) is 3. The van der Waals surface area contributed by atoms with E-state index in [0.717, 1.165) is 35.6 Å². The standard InChI is InChI=1S/C28H32N4O4S/c1-5-8-26-31-32-28(37-26)30-27(33)22(18-29)15-21-9-10-24(25(17-21)34-7-3)36-12-11-35-23-14-19(4)13-20(6-2)16-23/h9-10,13-17H,5-8,11-12H2,1-4H3,(H,30,32,33). The Bertz CT molecular complexity index is 1280. The quantitative estimate of drug-likeness (QED) is 0.173. The van der Waals surface area contributed by atoms with Crippen molar-refractivity contribution in [2.24, 2.45) is 0 Å². The minimum atomic E-state index is -0.542. The second-order valence-electron chi connectivity index (χ2n) is 8.22. The number of carbonyl (C=O) groups excluding carboxylic acids is 1. The molecule has 194 valence electrons. The first-order valence-electron chi connectivity index (χ1n) is 12.3. The van der Waals surface area contributed by atoms with E-state index in [1.165, 1.54) is 23.0 Å². The summed E-state index contributed by atoms with van der Waals surface area (Å²) in [6.07, 6.45) is 4.18. The second-order valence-corrected chi connectivity index (χ2v) is 9.28. The lowest BCUT2D eigenvalue weighted by molar-refractivity contribution is -0.112. The molecule has 37 heavy (non-hydrogen) atoms. The van der Waals surface area contributed by atoms with Crippen LogP contribution in [0.5, 0.6) is 17.2 Å². The van der Waals surface area contributed by atoms with Crippen molar-refractivity contribution in [3.63, 3.8) is 0 Å². The Balaban J connectivity index is 1.64. The highest BCUT2D eigenvalue weighted by Crippen LogP contribution is 2.30. The van der Waals surface area contributed by atoms with E-state index in [1.807, 2.05) is 39.0 Å². The largest absolute Gasteiger partial charge is 0.490 e. The van der Waals surface area contributed by atoms with Crippen LogP contribution in [0.15, 0.2) is 42.0 Å². The van der Waals surface area contributed by atoms with Crippen molar-refractivity contribution in [2.45, 2.75) is 47.0 Å². The maximum absolute atomic E-state index is 12.6. The molecule has 0 saturated carbocycles. The summed E-state index contributed by atoms with van der Waals surface area (Å²) in [5.41, 5.74) is 2.97. The van der Waals surface area contributed by atoms with Crippen LogP contribution in [0.4, 0.5) is 5.13 Å². The molecule has 0 spiro atoms. The first kappa shape index (κ1) is 27.7. The molecule has 1 aromatic heterocycles. The highest BCUT2D eigenvalue weighted by Gasteiger charge is 2.14. The number of anilines is 1. The summed E-state index contributed by atoms with van der Waals surface area (Å²) in [7, 11) is 0. The first-order valence-corrected chi connectivity index (χ1v) is 13.2. The molecule has 3 rings (SSSR count). The number of aryl methyl sites for hydroxylation is 3. The fraction of sp³-hybridized carbons (Fsp3) is 0.357. The number of nitrogens with zero attached hydrogens (tertiary/aromatic N) is 3. The van der Waals surface area contributed by atoms with Crippen molar-refractivity contribution in [1.82, 2.24) is 10.2 Å². The average molecular weight is 521 g/mol. The number of aromatic nitrogens is 2. The maximum atomic E-state index is 12.6. The second kappa shape index (κ2) is 14.0. The monoisotopic (exact) mass is 520 g/mol. The van der Waals surface area contributed by atoms with Gasteiger partial charge in [-0.2, -0.15) is 5.26 Å². The predicted molar refractivity (Wildman–Crippen MR) is 145 cm³/mol. The lowest BCUT2D eigenvalue weighted by Gasteiger charge is -2.14. The minimum Gasteiger partial charge on any atom is -0.490 e. The molecule has 8 nitrogen and oxygen atoms in total. The number of nitrogens with one attached hydrogen (secondary N) is 1. The molecule has 3 aromatic rings. The van der Waals surface area contributed by atoms with E-state index in [0.29, 0.717) is 42.0 Å². The number of hydrogen-bond donors (Lipinski definition) is 1. The molecule has 0 bridgehead atoms. The lowest BCUT2D eigenvalue weighted by atomic mass is 10.1. The van der Waals surface area contributed by atoms with Gasteiger partial charge in [0.05, 0.1) is 6.61 Å². The molecule has 1 amide bonds. The van der Waals surface area contributed by atoms with E-state index in [1.54, 1.807) is 18.2 Å². The summed E-state index contributed by atoms with van der Waals surface area (Å²) in [6.45, 7) is 9.23. The Kier molecular flexibility index (Phi) is 10.5. The summed E-state index contributed by atoms with van der Waals surface area (Å²) in [5.74, 6) is 1.36. The third-order valence-electron chi connectivity index (χ3n) is 5.22. The third-order valence-corrected chi connectivity index (χ3v) is 6.12. The topological polar surface area (TPSA) is 106 Å². The van der Waals surface area contributed by atoms with Crippen LogP contribution in [-0.4, -0.2) is 35.9 Å². The molecular weight excluding hydrogens is 488 g/mol. The Hall–Kier alpha value is -3.90. The van der Waals surface area contributed by atoms with Gasteiger partial charge in [0.2, 0.25) is 5.13 Å². The summed E-state index contributed by atoms with van der Waals surface area (Å²) < 4.78 is 17.5. The average Bonchev–Trinajstić information content (AvgIpc) is 3.32. The van der Waals surface area contributed by atoms with E-state index in [4.69, 9.17) is 14.2 Å². The van der Waals surface area contributed by atoms with Gasteiger partial charge in [-0.25, -0.2) is 0 Å². The van der Waals surface area contributed by atoms with Crippen LogP contribution in [0.2, 0.25) is 0 Å². The van der Waals surface area contributed by atoms with Crippen LogP contribution >= 0.6 is 11.3 Å². The molecule has 1 N–H and O–H groups in total. The van der Waals surface area contributed by atoms with Crippen molar-refractivity contribution in [2.75, 3.05) is 25.1 Å². The normalized spacial score (nSPS) is 11.1. The van der Waals surface area contributed by atoms with Crippen molar-refractivity contribution >= 4 is 28.5 Å². The fourth-order valence-electron chi connectivity index (χ4n) is 3.52. The molecule has 0 fully saturated rings. The van der Waals surface area contributed by atoms with E-state index in [2.05, 4.69) is 28.5 Å². The number of carbonyl (C=O) groups is 1. The van der Waals surface area contributed by atoms with Gasteiger partial charge >= 0.3 is 0 Å².